The smallest absolute Gasteiger partial charge is 0.262 e. The summed E-state index contributed by atoms with van der Waals surface area (Å²) in [5.41, 5.74) is 0.982. The SMILES string of the molecule is C=CC.C=CC1=C(C=C)C(=O)N(C2CCC(=C)NC2=O)C1=O.CC.CC. The molecule has 0 saturated carbocycles. The van der Waals surface area contributed by atoms with Crippen LogP contribution in [-0.2, 0) is 14.4 Å². The van der Waals surface area contributed by atoms with Crippen molar-refractivity contribution in [2.75, 3.05) is 0 Å². The molecule has 0 radical (unpaired) electrons. The summed E-state index contributed by atoms with van der Waals surface area (Å²) in [6.45, 7) is 23.9. The highest BCUT2D eigenvalue weighted by atomic mass is 16.2. The molecule has 2 aliphatic heterocycles. The van der Waals surface area contributed by atoms with Crippen molar-refractivity contribution in [3.63, 3.8) is 0 Å². The van der Waals surface area contributed by atoms with Gasteiger partial charge in [0.25, 0.3) is 11.8 Å². The summed E-state index contributed by atoms with van der Waals surface area (Å²) in [7, 11) is 0. The first-order valence-corrected chi connectivity index (χ1v) is 8.85. The first kappa shape index (κ1) is 25.5. The van der Waals surface area contributed by atoms with E-state index in [4.69, 9.17) is 0 Å². The summed E-state index contributed by atoms with van der Waals surface area (Å²) in [6.07, 6.45) is 5.31. The van der Waals surface area contributed by atoms with E-state index in [1.807, 2.05) is 34.6 Å². The van der Waals surface area contributed by atoms with Crippen molar-refractivity contribution in [3.8, 4) is 0 Å². The van der Waals surface area contributed by atoms with Gasteiger partial charge in [0, 0.05) is 5.70 Å². The number of carbonyl (C=O) groups excluding carboxylic acids is 3. The van der Waals surface area contributed by atoms with Gasteiger partial charge in [0.2, 0.25) is 5.91 Å². The Hall–Kier alpha value is -2.69. The van der Waals surface area contributed by atoms with Crippen molar-refractivity contribution in [3.05, 3.63) is 61.4 Å². The summed E-state index contributed by atoms with van der Waals surface area (Å²) in [5, 5.41) is 2.56. The van der Waals surface area contributed by atoms with Crippen LogP contribution < -0.4 is 5.32 Å². The van der Waals surface area contributed by atoms with Crippen LogP contribution in [-0.4, -0.2) is 28.7 Å². The molecule has 0 aliphatic carbocycles. The van der Waals surface area contributed by atoms with Gasteiger partial charge < -0.3 is 5.32 Å². The Bertz CT molecular complexity index is 570. The number of amides is 3. The molecule has 5 nitrogen and oxygen atoms in total. The maximum atomic E-state index is 12.2. The average molecular weight is 360 g/mol. The summed E-state index contributed by atoms with van der Waals surface area (Å²) < 4.78 is 0. The van der Waals surface area contributed by atoms with Crippen molar-refractivity contribution in [1.29, 1.82) is 0 Å². The fourth-order valence-electron chi connectivity index (χ4n) is 2.27. The number of hydrogen-bond acceptors (Lipinski definition) is 3. The fraction of sp³-hybridized carbons (Fsp3) is 0.381. The minimum Gasteiger partial charge on any atom is -0.329 e. The van der Waals surface area contributed by atoms with E-state index in [2.05, 4.69) is 31.6 Å². The van der Waals surface area contributed by atoms with Crippen molar-refractivity contribution in [1.82, 2.24) is 10.2 Å². The zero-order chi connectivity index (χ0) is 20.9. The quantitative estimate of drug-likeness (QED) is 0.610. The predicted molar refractivity (Wildman–Crippen MR) is 108 cm³/mol. The predicted octanol–water partition coefficient (Wildman–Crippen LogP) is 4.06. The average Bonchev–Trinajstić information content (AvgIpc) is 2.89. The van der Waals surface area contributed by atoms with Gasteiger partial charge in [-0.05, 0) is 19.8 Å². The first-order chi connectivity index (χ1) is 12.4. The highest BCUT2D eigenvalue weighted by Gasteiger charge is 2.43. The van der Waals surface area contributed by atoms with Gasteiger partial charge in [0.1, 0.15) is 6.04 Å². The molecule has 1 N–H and O–H groups in total. The van der Waals surface area contributed by atoms with Gasteiger partial charge in [-0.25, -0.2) is 0 Å². The lowest BCUT2D eigenvalue weighted by Gasteiger charge is -2.29. The van der Waals surface area contributed by atoms with Crippen molar-refractivity contribution in [2.45, 2.75) is 53.5 Å². The number of piperidine rings is 1. The van der Waals surface area contributed by atoms with Crippen LogP contribution in [0.15, 0.2) is 61.4 Å². The van der Waals surface area contributed by atoms with Crippen molar-refractivity contribution >= 4 is 17.7 Å². The summed E-state index contributed by atoms with van der Waals surface area (Å²) >= 11 is 0. The summed E-state index contributed by atoms with van der Waals surface area (Å²) in [5.74, 6) is -1.38. The van der Waals surface area contributed by atoms with E-state index in [9.17, 15) is 14.4 Å². The Morgan fingerprint density at radius 3 is 1.65 bits per heavy atom. The third-order valence-electron chi connectivity index (χ3n) is 3.23. The van der Waals surface area contributed by atoms with E-state index in [1.165, 1.54) is 12.2 Å². The number of rotatable bonds is 3. The third kappa shape index (κ3) is 5.99. The Balaban J connectivity index is 0. The van der Waals surface area contributed by atoms with Gasteiger partial charge in [-0.3, -0.25) is 19.3 Å². The van der Waals surface area contributed by atoms with Crippen LogP contribution in [0, 0.1) is 0 Å². The van der Waals surface area contributed by atoms with Gasteiger partial charge in [-0.1, -0.05) is 65.7 Å². The molecule has 0 aromatic rings. The molecular weight excluding hydrogens is 328 g/mol. The van der Waals surface area contributed by atoms with E-state index >= 15 is 0 Å². The molecule has 1 unspecified atom stereocenters. The fourth-order valence-corrected chi connectivity index (χ4v) is 2.27. The van der Waals surface area contributed by atoms with Crippen LogP contribution in [0.1, 0.15) is 47.5 Å². The van der Waals surface area contributed by atoms with E-state index in [0.29, 0.717) is 18.5 Å². The molecule has 2 rings (SSSR count). The Morgan fingerprint density at radius 2 is 1.35 bits per heavy atom. The molecule has 1 saturated heterocycles. The Morgan fingerprint density at radius 1 is 0.962 bits per heavy atom. The van der Waals surface area contributed by atoms with Gasteiger partial charge in [-0.2, -0.15) is 0 Å². The van der Waals surface area contributed by atoms with Crippen LogP contribution in [0.3, 0.4) is 0 Å². The molecule has 0 aromatic carbocycles. The van der Waals surface area contributed by atoms with Gasteiger partial charge >= 0.3 is 0 Å². The molecule has 144 valence electrons. The van der Waals surface area contributed by atoms with Crippen molar-refractivity contribution < 1.29 is 14.4 Å². The van der Waals surface area contributed by atoms with Crippen LogP contribution in [0.5, 0.6) is 0 Å². The summed E-state index contributed by atoms with van der Waals surface area (Å²) in [6, 6.07) is -0.794. The molecule has 1 fully saturated rings. The summed E-state index contributed by atoms with van der Waals surface area (Å²) in [4.78, 5) is 37.2. The number of hydrogen-bond donors (Lipinski definition) is 1. The Kier molecular flexibility index (Phi) is 13.3. The largest absolute Gasteiger partial charge is 0.329 e. The third-order valence-corrected chi connectivity index (χ3v) is 3.23. The normalized spacial score (nSPS) is 18.3. The minimum absolute atomic E-state index is 0.192. The molecule has 0 aromatic heterocycles. The topological polar surface area (TPSA) is 66.5 Å². The van der Waals surface area contributed by atoms with Gasteiger partial charge in [-0.15, -0.1) is 6.58 Å². The monoisotopic (exact) mass is 360 g/mol. The molecule has 26 heavy (non-hydrogen) atoms. The van der Waals surface area contributed by atoms with Gasteiger partial charge in [0.15, 0.2) is 0 Å². The van der Waals surface area contributed by atoms with Crippen LogP contribution in [0.2, 0.25) is 0 Å². The second-order valence-corrected chi connectivity index (χ2v) is 4.77. The zero-order valence-corrected chi connectivity index (χ0v) is 16.7. The molecule has 1 atom stereocenters. The van der Waals surface area contributed by atoms with E-state index in [0.717, 1.165) is 4.90 Å². The first-order valence-electron chi connectivity index (χ1n) is 8.85. The van der Waals surface area contributed by atoms with Crippen molar-refractivity contribution in [2.24, 2.45) is 0 Å². The molecule has 2 aliphatic rings. The molecule has 3 amide bonds. The van der Waals surface area contributed by atoms with Crippen LogP contribution in [0.25, 0.3) is 0 Å². The minimum atomic E-state index is -0.794. The number of allylic oxidation sites excluding steroid dienone is 2. The highest BCUT2D eigenvalue weighted by Crippen LogP contribution is 2.27. The second kappa shape index (κ2) is 13.6. The van der Waals surface area contributed by atoms with Crippen LogP contribution in [0.4, 0.5) is 0 Å². The zero-order valence-electron chi connectivity index (χ0n) is 16.7. The lowest BCUT2D eigenvalue weighted by molar-refractivity contribution is -0.146. The lowest BCUT2D eigenvalue weighted by atomic mass is 10.0. The molecule has 0 spiro atoms. The number of nitrogens with one attached hydrogen (secondary N) is 1. The molecule has 5 heteroatoms. The number of carbonyl (C=O) groups is 3. The Labute approximate surface area is 157 Å². The highest BCUT2D eigenvalue weighted by molar-refractivity contribution is 6.23. The number of nitrogens with zero attached hydrogens (tertiary/aromatic N) is 1. The van der Waals surface area contributed by atoms with E-state index < -0.39 is 17.9 Å². The molecular formula is C21H32N2O3. The maximum absolute atomic E-state index is 12.2. The van der Waals surface area contributed by atoms with Gasteiger partial charge in [0.05, 0.1) is 11.1 Å². The van der Waals surface area contributed by atoms with E-state index in [-0.39, 0.29) is 17.1 Å². The number of imide groups is 1. The van der Waals surface area contributed by atoms with Crippen LogP contribution >= 0.6 is 0 Å². The maximum Gasteiger partial charge on any atom is 0.262 e. The molecule has 0 bridgehead atoms. The lowest BCUT2D eigenvalue weighted by Crippen LogP contribution is -2.52. The standard InChI is InChI=1S/C14H14N2O3.C3H6.2C2H6/c1-4-9-10(5-2)14(19)16(13(9)18)11-7-6-8(3)15-12(11)17;1-3-2;2*1-2/h4-5,11H,1-3,6-7H2,(H,15,17);3H,1H2,2H3;2*1-2H3. The van der Waals surface area contributed by atoms with E-state index in [1.54, 1.807) is 6.08 Å². The molecule has 2 heterocycles. The second-order valence-electron chi connectivity index (χ2n) is 4.77.